The van der Waals surface area contributed by atoms with Gasteiger partial charge in [0.05, 0.1) is 11.0 Å². The van der Waals surface area contributed by atoms with Gasteiger partial charge in [-0.15, -0.1) is 0 Å². The van der Waals surface area contributed by atoms with Crippen molar-refractivity contribution in [3.63, 3.8) is 0 Å². The van der Waals surface area contributed by atoms with Crippen molar-refractivity contribution in [2.45, 2.75) is 46.6 Å². The number of imidazole rings is 1. The minimum absolute atomic E-state index is 0.404. The van der Waals surface area contributed by atoms with Gasteiger partial charge >= 0.3 is 0 Å². The summed E-state index contributed by atoms with van der Waals surface area (Å²) >= 11 is 6.34. The summed E-state index contributed by atoms with van der Waals surface area (Å²) in [6.07, 6.45) is 0. The van der Waals surface area contributed by atoms with Crippen molar-refractivity contribution in [1.82, 2.24) is 9.55 Å². The topological polar surface area (TPSA) is 17.8 Å². The number of aryl methyl sites for hydroxylation is 1. The molecule has 0 amide bonds. The van der Waals surface area contributed by atoms with Crippen molar-refractivity contribution in [2.75, 3.05) is 0 Å². The first-order valence-corrected chi connectivity index (χ1v) is 6.47. The van der Waals surface area contributed by atoms with Gasteiger partial charge in [0.1, 0.15) is 5.82 Å². The summed E-state index contributed by atoms with van der Waals surface area (Å²) in [5.74, 6) is 1.48. The molecule has 0 spiro atoms. The maximum atomic E-state index is 6.34. The van der Waals surface area contributed by atoms with Crippen LogP contribution in [-0.4, -0.2) is 9.55 Å². The fraction of sp³-hybridized carbons (Fsp3) is 0.500. The van der Waals surface area contributed by atoms with E-state index in [1.54, 1.807) is 0 Å². The lowest BCUT2D eigenvalue weighted by atomic mass is 10.0. The van der Waals surface area contributed by atoms with Crippen molar-refractivity contribution in [3.05, 3.63) is 28.5 Å². The highest BCUT2D eigenvalue weighted by Crippen LogP contribution is 2.30. The van der Waals surface area contributed by atoms with Crippen molar-refractivity contribution < 1.29 is 0 Å². The van der Waals surface area contributed by atoms with Gasteiger partial charge in [0.2, 0.25) is 0 Å². The second-order valence-electron chi connectivity index (χ2n) is 5.14. The molecule has 1 aromatic carbocycles. The Balaban J connectivity index is 2.74. The molecule has 0 saturated heterocycles. The lowest BCUT2D eigenvalue weighted by Crippen LogP contribution is -2.02. The number of rotatable bonds is 2. The van der Waals surface area contributed by atoms with Crippen LogP contribution in [0.15, 0.2) is 12.1 Å². The molecule has 0 unspecified atom stereocenters. The van der Waals surface area contributed by atoms with E-state index in [2.05, 4.69) is 43.3 Å². The highest BCUT2D eigenvalue weighted by Gasteiger charge is 2.14. The van der Waals surface area contributed by atoms with Gasteiger partial charge in [-0.1, -0.05) is 25.4 Å². The van der Waals surface area contributed by atoms with E-state index in [0.717, 1.165) is 21.9 Å². The van der Waals surface area contributed by atoms with Gasteiger partial charge < -0.3 is 4.57 Å². The van der Waals surface area contributed by atoms with E-state index in [4.69, 9.17) is 11.6 Å². The molecule has 0 aliphatic rings. The van der Waals surface area contributed by atoms with Gasteiger partial charge in [-0.05, 0) is 44.4 Å². The third kappa shape index (κ3) is 2.06. The zero-order valence-corrected chi connectivity index (χ0v) is 11.8. The van der Waals surface area contributed by atoms with Crippen LogP contribution in [0, 0.1) is 6.92 Å². The minimum Gasteiger partial charge on any atom is -0.326 e. The van der Waals surface area contributed by atoms with Crippen LogP contribution in [0.5, 0.6) is 0 Å². The summed E-state index contributed by atoms with van der Waals surface area (Å²) in [7, 11) is 0. The maximum absolute atomic E-state index is 6.34. The summed E-state index contributed by atoms with van der Waals surface area (Å²) in [6.45, 7) is 10.7. The first-order chi connectivity index (χ1) is 7.91. The highest BCUT2D eigenvalue weighted by molar-refractivity contribution is 6.32. The molecule has 0 aliphatic carbocycles. The van der Waals surface area contributed by atoms with Gasteiger partial charge in [0.15, 0.2) is 0 Å². The number of hydrogen-bond acceptors (Lipinski definition) is 1. The van der Waals surface area contributed by atoms with E-state index in [0.29, 0.717) is 12.0 Å². The predicted octanol–water partition coefficient (Wildman–Crippen LogP) is 4.70. The predicted molar refractivity (Wildman–Crippen MR) is 74.0 cm³/mol. The van der Waals surface area contributed by atoms with E-state index >= 15 is 0 Å². The molecule has 17 heavy (non-hydrogen) atoms. The molecule has 0 saturated carbocycles. The molecule has 0 radical (unpaired) electrons. The third-order valence-corrected chi connectivity index (χ3v) is 3.45. The fourth-order valence-electron chi connectivity index (χ4n) is 2.35. The average Bonchev–Trinajstić information content (AvgIpc) is 2.51. The number of fused-ring (bicyclic) bond motifs is 1. The molecular formula is C14H19ClN2. The molecule has 2 aromatic rings. The van der Waals surface area contributed by atoms with Crippen LogP contribution >= 0.6 is 11.6 Å². The zero-order chi connectivity index (χ0) is 12.7. The molecule has 2 rings (SSSR count). The molecule has 0 atom stereocenters. The van der Waals surface area contributed by atoms with Gasteiger partial charge in [0.25, 0.3) is 0 Å². The minimum atomic E-state index is 0.404. The standard InChI is InChI=1S/C14H19ClN2/c1-8(2)11-6-13-14(7-12(11)15)17(9(3)4)10(5)16-13/h6-9H,1-5H3. The van der Waals surface area contributed by atoms with E-state index < -0.39 is 0 Å². The molecule has 3 heteroatoms. The number of benzene rings is 1. The Morgan fingerprint density at radius 2 is 1.82 bits per heavy atom. The van der Waals surface area contributed by atoms with Crippen molar-refractivity contribution in [2.24, 2.45) is 0 Å². The summed E-state index contributed by atoms with van der Waals surface area (Å²) in [5.41, 5.74) is 3.35. The third-order valence-electron chi connectivity index (χ3n) is 3.12. The van der Waals surface area contributed by atoms with Gasteiger partial charge in [-0.2, -0.15) is 0 Å². The molecule has 0 N–H and O–H groups in total. The molecule has 0 aliphatic heterocycles. The number of halogens is 1. The molecule has 92 valence electrons. The average molecular weight is 251 g/mol. The number of hydrogen-bond donors (Lipinski definition) is 0. The Kier molecular flexibility index (Phi) is 3.17. The zero-order valence-electron chi connectivity index (χ0n) is 11.1. The molecule has 1 heterocycles. The van der Waals surface area contributed by atoms with Crippen molar-refractivity contribution in [3.8, 4) is 0 Å². The lowest BCUT2D eigenvalue weighted by molar-refractivity contribution is 0.600. The summed E-state index contributed by atoms with van der Waals surface area (Å²) in [6, 6.07) is 4.57. The quantitative estimate of drug-likeness (QED) is 0.755. The van der Waals surface area contributed by atoms with Crippen LogP contribution in [-0.2, 0) is 0 Å². The number of aromatic nitrogens is 2. The van der Waals surface area contributed by atoms with Crippen molar-refractivity contribution in [1.29, 1.82) is 0 Å². The Hall–Kier alpha value is -1.02. The Morgan fingerprint density at radius 3 is 2.35 bits per heavy atom. The fourth-order valence-corrected chi connectivity index (χ4v) is 2.72. The van der Waals surface area contributed by atoms with Crippen LogP contribution in [0.3, 0.4) is 0 Å². The summed E-state index contributed by atoms with van der Waals surface area (Å²) < 4.78 is 2.23. The van der Waals surface area contributed by atoms with Crippen LogP contribution in [0.4, 0.5) is 0 Å². The summed E-state index contributed by atoms with van der Waals surface area (Å²) in [4.78, 5) is 4.62. The smallest absolute Gasteiger partial charge is 0.106 e. The first-order valence-electron chi connectivity index (χ1n) is 6.09. The molecule has 1 aromatic heterocycles. The van der Waals surface area contributed by atoms with Crippen LogP contribution in [0.2, 0.25) is 5.02 Å². The van der Waals surface area contributed by atoms with Crippen LogP contribution in [0.25, 0.3) is 11.0 Å². The maximum Gasteiger partial charge on any atom is 0.106 e. The van der Waals surface area contributed by atoms with E-state index in [1.807, 2.05) is 13.0 Å². The second kappa shape index (κ2) is 4.34. The monoisotopic (exact) mass is 250 g/mol. The van der Waals surface area contributed by atoms with Crippen molar-refractivity contribution >= 4 is 22.6 Å². The number of nitrogens with zero attached hydrogens (tertiary/aromatic N) is 2. The lowest BCUT2D eigenvalue weighted by Gasteiger charge is -2.12. The van der Waals surface area contributed by atoms with Gasteiger partial charge in [-0.3, -0.25) is 0 Å². The largest absolute Gasteiger partial charge is 0.326 e. The highest BCUT2D eigenvalue weighted by atomic mass is 35.5. The Labute approximate surface area is 108 Å². The van der Waals surface area contributed by atoms with Crippen LogP contribution in [0.1, 0.15) is 51.0 Å². The molecule has 0 bridgehead atoms. The first kappa shape index (κ1) is 12.4. The van der Waals surface area contributed by atoms with Crippen LogP contribution < -0.4 is 0 Å². The van der Waals surface area contributed by atoms with Gasteiger partial charge in [0, 0.05) is 11.1 Å². The second-order valence-corrected chi connectivity index (χ2v) is 5.55. The normalized spacial score (nSPS) is 12.0. The van der Waals surface area contributed by atoms with E-state index in [1.165, 1.54) is 5.56 Å². The van der Waals surface area contributed by atoms with E-state index in [-0.39, 0.29) is 0 Å². The SMILES string of the molecule is Cc1nc2cc(C(C)C)c(Cl)cc2n1C(C)C. The summed E-state index contributed by atoms with van der Waals surface area (Å²) in [5, 5.41) is 0.842. The molecule has 2 nitrogen and oxygen atoms in total. The van der Waals surface area contributed by atoms with Gasteiger partial charge in [-0.25, -0.2) is 4.98 Å². The van der Waals surface area contributed by atoms with E-state index in [9.17, 15) is 0 Å². The Morgan fingerprint density at radius 1 is 1.18 bits per heavy atom. The molecule has 0 fully saturated rings. The molecular weight excluding hydrogens is 232 g/mol. The Bertz CT molecular complexity index is 553.